The minimum Gasteiger partial charge on any atom is -0.481 e. The molecule has 9 heteroatoms. The summed E-state index contributed by atoms with van der Waals surface area (Å²) >= 11 is 0. The fourth-order valence-corrected chi connectivity index (χ4v) is 4.31. The molecule has 1 aliphatic carbocycles. The zero-order valence-corrected chi connectivity index (χ0v) is 17.1. The second-order valence-electron chi connectivity index (χ2n) is 8.02. The van der Waals surface area contributed by atoms with E-state index in [1.807, 2.05) is 30.5 Å². The summed E-state index contributed by atoms with van der Waals surface area (Å²) in [5, 5.41) is 12.9. The summed E-state index contributed by atoms with van der Waals surface area (Å²) in [6.07, 6.45) is 3.43. The van der Waals surface area contributed by atoms with Crippen molar-refractivity contribution in [1.82, 2.24) is 24.8 Å². The van der Waals surface area contributed by atoms with Crippen molar-refractivity contribution in [3.8, 4) is 11.5 Å². The summed E-state index contributed by atoms with van der Waals surface area (Å²) in [5.41, 5.74) is 2.39. The van der Waals surface area contributed by atoms with Crippen LogP contribution < -0.4 is 16.6 Å². The van der Waals surface area contributed by atoms with Crippen molar-refractivity contribution in [2.45, 2.75) is 52.1 Å². The van der Waals surface area contributed by atoms with E-state index in [-0.39, 0.29) is 17.6 Å². The van der Waals surface area contributed by atoms with Gasteiger partial charge in [-0.1, -0.05) is 12.8 Å². The van der Waals surface area contributed by atoms with Gasteiger partial charge in [0.15, 0.2) is 11.5 Å². The molecule has 2 atom stereocenters. The van der Waals surface area contributed by atoms with E-state index in [9.17, 15) is 19.5 Å². The SMILES string of the molecule is Cc1cc2nc3c(=O)[nH]c(=O)nc-3n(CCNC3CCCCC3C(=O)O)c2cc1C. The Balaban J connectivity index is 1.72. The van der Waals surface area contributed by atoms with Gasteiger partial charge in [0.2, 0.25) is 0 Å². The highest BCUT2D eigenvalue weighted by atomic mass is 16.4. The molecule has 1 aromatic rings. The second kappa shape index (κ2) is 7.98. The van der Waals surface area contributed by atoms with E-state index < -0.39 is 23.1 Å². The lowest BCUT2D eigenvalue weighted by Gasteiger charge is -2.29. The number of aromatic amines is 1. The zero-order chi connectivity index (χ0) is 21.4. The van der Waals surface area contributed by atoms with E-state index >= 15 is 0 Å². The van der Waals surface area contributed by atoms with Crippen LogP contribution >= 0.6 is 0 Å². The van der Waals surface area contributed by atoms with Crippen molar-refractivity contribution in [2.75, 3.05) is 6.54 Å². The largest absolute Gasteiger partial charge is 0.481 e. The topological polar surface area (TPSA) is 130 Å². The first-order chi connectivity index (χ1) is 14.3. The highest BCUT2D eigenvalue weighted by molar-refractivity contribution is 5.81. The molecule has 0 bridgehead atoms. The van der Waals surface area contributed by atoms with E-state index in [4.69, 9.17) is 0 Å². The number of aryl methyl sites for hydroxylation is 2. The second-order valence-corrected chi connectivity index (χ2v) is 8.02. The molecule has 0 saturated heterocycles. The Kier molecular flexibility index (Phi) is 5.38. The first kappa shape index (κ1) is 20.2. The number of hydrogen-bond donors (Lipinski definition) is 3. The molecule has 0 radical (unpaired) electrons. The summed E-state index contributed by atoms with van der Waals surface area (Å²) in [6.45, 7) is 4.88. The summed E-state index contributed by atoms with van der Waals surface area (Å²) in [5.74, 6) is -0.927. The quantitative estimate of drug-likeness (QED) is 0.542. The third kappa shape index (κ3) is 3.72. The van der Waals surface area contributed by atoms with Gasteiger partial charge in [0.25, 0.3) is 5.56 Å². The number of carbonyl (C=O) groups is 1. The molecule has 1 saturated carbocycles. The van der Waals surface area contributed by atoms with Crippen LogP contribution in [0.25, 0.3) is 22.6 Å². The third-order valence-electron chi connectivity index (χ3n) is 6.05. The van der Waals surface area contributed by atoms with Crippen LogP contribution in [-0.4, -0.2) is 43.2 Å². The molecule has 4 rings (SSSR count). The normalized spacial score (nSPS) is 19.4. The minimum atomic E-state index is -0.769. The van der Waals surface area contributed by atoms with Crippen LogP contribution in [0.15, 0.2) is 21.7 Å². The fraction of sp³-hybridized carbons (Fsp3) is 0.476. The molecule has 0 spiro atoms. The lowest BCUT2D eigenvalue weighted by Crippen LogP contribution is -2.43. The first-order valence-corrected chi connectivity index (χ1v) is 10.2. The molecule has 1 aromatic carbocycles. The van der Waals surface area contributed by atoms with E-state index in [0.29, 0.717) is 25.0 Å². The summed E-state index contributed by atoms with van der Waals surface area (Å²) < 4.78 is 1.83. The van der Waals surface area contributed by atoms with Gasteiger partial charge in [-0.2, -0.15) is 4.98 Å². The molecule has 30 heavy (non-hydrogen) atoms. The highest BCUT2D eigenvalue weighted by Crippen LogP contribution is 2.26. The van der Waals surface area contributed by atoms with E-state index in [1.54, 1.807) is 0 Å². The number of benzene rings is 1. The maximum absolute atomic E-state index is 12.3. The van der Waals surface area contributed by atoms with Gasteiger partial charge >= 0.3 is 11.7 Å². The Hall–Kier alpha value is -3.07. The number of carboxylic acid groups (broad SMARTS) is 1. The number of carboxylic acids is 1. The van der Waals surface area contributed by atoms with Crippen molar-refractivity contribution in [2.24, 2.45) is 5.92 Å². The minimum absolute atomic E-state index is 0.0911. The zero-order valence-electron chi connectivity index (χ0n) is 17.1. The lowest BCUT2D eigenvalue weighted by atomic mass is 9.84. The average molecular weight is 411 g/mol. The monoisotopic (exact) mass is 411 g/mol. The Morgan fingerprint density at radius 1 is 1.20 bits per heavy atom. The highest BCUT2D eigenvalue weighted by Gasteiger charge is 2.30. The molecule has 2 aliphatic heterocycles. The summed E-state index contributed by atoms with van der Waals surface area (Å²) in [7, 11) is 0. The fourth-order valence-electron chi connectivity index (χ4n) is 4.31. The van der Waals surface area contributed by atoms with Crippen molar-refractivity contribution >= 4 is 17.0 Å². The molecule has 2 heterocycles. The number of hydrogen-bond acceptors (Lipinski definition) is 6. The summed E-state index contributed by atoms with van der Waals surface area (Å²) in [6, 6.07) is 3.80. The number of nitrogens with one attached hydrogen (secondary N) is 2. The number of aliphatic carboxylic acids is 1. The van der Waals surface area contributed by atoms with Gasteiger partial charge in [0.1, 0.15) is 0 Å². The van der Waals surface area contributed by atoms with Crippen LogP contribution in [-0.2, 0) is 11.3 Å². The number of fused-ring (bicyclic) bond motifs is 2. The number of rotatable bonds is 5. The van der Waals surface area contributed by atoms with Crippen LogP contribution in [0.2, 0.25) is 0 Å². The van der Waals surface area contributed by atoms with Gasteiger partial charge in [0, 0.05) is 19.1 Å². The Bertz CT molecular complexity index is 1200. The van der Waals surface area contributed by atoms with Crippen LogP contribution in [0.4, 0.5) is 0 Å². The van der Waals surface area contributed by atoms with Gasteiger partial charge in [-0.05, 0) is 49.9 Å². The van der Waals surface area contributed by atoms with Crippen molar-refractivity contribution in [1.29, 1.82) is 0 Å². The van der Waals surface area contributed by atoms with Crippen molar-refractivity contribution < 1.29 is 9.90 Å². The molecule has 3 aliphatic rings. The van der Waals surface area contributed by atoms with Gasteiger partial charge in [-0.3, -0.25) is 14.6 Å². The lowest BCUT2D eigenvalue weighted by molar-refractivity contribution is -0.143. The Morgan fingerprint density at radius 3 is 2.70 bits per heavy atom. The molecular weight excluding hydrogens is 386 g/mol. The molecule has 158 valence electrons. The standard InChI is InChI=1S/C21H25N5O4/c1-11-9-15-16(10-12(11)2)26(18-17(23-15)19(27)25-21(30)24-18)8-7-22-14-6-4-3-5-13(14)20(28)29/h9-10,13-14,22H,3-8H2,1-2H3,(H,28,29)(H,25,27,30). The van der Waals surface area contributed by atoms with Crippen LogP contribution in [0, 0.1) is 19.8 Å². The molecular formula is C21H25N5O4. The predicted octanol–water partition coefficient (Wildman–Crippen LogP) is 1.43. The van der Waals surface area contributed by atoms with Crippen LogP contribution in [0.3, 0.4) is 0 Å². The van der Waals surface area contributed by atoms with Crippen molar-refractivity contribution in [3.05, 3.63) is 44.1 Å². The molecule has 9 nitrogen and oxygen atoms in total. The Labute approximate surface area is 172 Å². The van der Waals surface area contributed by atoms with Crippen LogP contribution in [0.1, 0.15) is 36.8 Å². The van der Waals surface area contributed by atoms with E-state index in [2.05, 4.69) is 20.3 Å². The molecule has 2 unspecified atom stereocenters. The van der Waals surface area contributed by atoms with Gasteiger partial charge < -0.3 is 15.0 Å². The smallest absolute Gasteiger partial charge is 0.349 e. The first-order valence-electron chi connectivity index (χ1n) is 10.2. The van der Waals surface area contributed by atoms with E-state index in [1.165, 1.54) is 0 Å². The maximum Gasteiger partial charge on any atom is 0.349 e. The number of H-pyrrole nitrogens is 1. The van der Waals surface area contributed by atoms with Gasteiger partial charge in [0.05, 0.1) is 17.0 Å². The van der Waals surface area contributed by atoms with E-state index in [0.717, 1.165) is 35.9 Å². The predicted molar refractivity (Wildman–Crippen MR) is 112 cm³/mol. The molecule has 3 N–H and O–H groups in total. The molecule has 0 amide bonds. The maximum atomic E-state index is 12.3. The van der Waals surface area contributed by atoms with Gasteiger partial charge in [-0.25, -0.2) is 9.78 Å². The third-order valence-corrected chi connectivity index (χ3v) is 6.05. The summed E-state index contributed by atoms with van der Waals surface area (Å²) in [4.78, 5) is 46.4. The number of aromatic nitrogens is 4. The Morgan fingerprint density at radius 2 is 1.93 bits per heavy atom. The average Bonchev–Trinajstić information content (AvgIpc) is 2.70. The number of nitrogens with zero attached hydrogens (tertiary/aromatic N) is 3. The van der Waals surface area contributed by atoms with Crippen LogP contribution in [0.5, 0.6) is 0 Å². The molecule has 0 aromatic heterocycles. The van der Waals surface area contributed by atoms with Crippen molar-refractivity contribution in [3.63, 3.8) is 0 Å². The molecule has 1 fully saturated rings. The van der Waals surface area contributed by atoms with Gasteiger partial charge in [-0.15, -0.1) is 0 Å².